The first-order valence-corrected chi connectivity index (χ1v) is 6.39. The number of hydrogen-bond donors (Lipinski definition) is 2. The van der Waals surface area contributed by atoms with E-state index < -0.39 is 0 Å². The maximum Gasteiger partial charge on any atom is 0.161 e. The first-order chi connectivity index (χ1) is 9.78. The van der Waals surface area contributed by atoms with Gasteiger partial charge in [-0.2, -0.15) is 0 Å². The number of nitrogens with two attached hydrogens (primary N) is 1. The summed E-state index contributed by atoms with van der Waals surface area (Å²) in [6, 6.07) is 11.6. The van der Waals surface area contributed by atoms with E-state index in [2.05, 4.69) is 5.43 Å². The largest absolute Gasteiger partial charge is 0.486 e. The fourth-order valence-corrected chi connectivity index (χ4v) is 2.31. The third kappa shape index (κ3) is 2.45. The normalized spacial score (nSPS) is 14.9. The molecule has 4 nitrogen and oxygen atoms in total. The van der Waals surface area contributed by atoms with Crippen LogP contribution in [0.25, 0.3) is 0 Å². The Morgan fingerprint density at radius 3 is 2.50 bits per heavy atom. The standard InChI is InChI=1S/C15H15FN2O2/c16-12-3-1-2-10(8-12)15(18-17)11-4-5-13-14(9-11)20-7-6-19-13/h1-5,8-9,15,18H,6-7,17H2. The van der Waals surface area contributed by atoms with E-state index in [-0.39, 0.29) is 11.9 Å². The summed E-state index contributed by atoms with van der Waals surface area (Å²) in [5.41, 5.74) is 4.35. The summed E-state index contributed by atoms with van der Waals surface area (Å²) in [5.74, 6) is 6.73. The molecule has 0 radical (unpaired) electrons. The molecule has 20 heavy (non-hydrogen) atoms. The number of hydrogen-bond acceptors (Lipinski definition) is 4. The van der Waals surface area contributed by atoms with E-state index in [0.29, 0.717) is 19.0 Å². The van der Waals surface area contributed by atoms with Gasteiger partial charge in [0.2, 0.25) is 0 Å². The van der Waals surface area contributed by atoms with Crippen LogP contribution in [-0.2, 0) is 0 Å². The summed E-state index contributed by atoms with van der Waals surface area (Å²) in [4.78, 5) is 0. The lowest BCUT2D eigenvalue weighted by molar-refractivity contribution is 0.171. The van der Waals surface area contributed by atoms with Crippen molar-refractivity contribution in [2.45, 2.75) is 6.04 Å². The van der Waals surface area contributed by atoms with Gasteiger partial charge in [-0.1, -0.05) is 18.2 Å². The first-order valence-electron chi connectivity index (χ1n) is 6.39. The molecule has 2 aromatic rings. The van der Waals surface area contributed by atoms with E-state index in [0.717, 1.165) is 16.9 Å². The van der Waals surface area contributed by atoms with Crippen molar-refractivity contribution in [3.05, 3.63) is 59.4 Å². The Hall–Kier alpha value is -2.11. The second-order valence-electron chi connectivity index (χ2n) is 4.56. The Labute approximate surface area is 116 Å². The molecule has 0 aromatic heterocycles. The zero-order valence-electron chi connectivity index (χ0n) is 10.8. The number of ether oxygens (including phenoxy) is 2. The van der Waals surface area contributed by atoms with Gasteiger partial charge in [0.15, 0.2) is 11.5 Å². The van der Waals surface area contributed by atoms with Crippen molar-refractivity contribution in [3.8, 4) is 11.5 Å². The second kappa shape index (κ2) is 5.48. The van der Waals surface area contributed by atoms with Crippen LogP contribution in [0.15, 0.2) is 42.5 Å². The van der Waals surface area contributed by atoms with Gasteiger partial charge >= 0.3 is 0 Å². The maximum atomic E-state index is 13.3. The molecule has 1 unspecified atom stereocenters. The molecule has 1 heterocycles. The van der Waals surface area contributed by atoms with Crippen LogP contribution < -0.4 is 20.7 Å². The van der Waals surface area contributed by atoms with E-state index in [1.165, 1.54) is 12.1 Å². The van der Waals surface area contributed by atoms with E-state index in [4.69, 9.17) is 15.3 Å². The number of fused-ring (bicyclic) bond motifs is 1. The number of hydrazine groups is 1. The van der Waals surface area contributed by atoms with Gasteiger partial charge in [0.25, 0.3) is 0 Å². The highest BCUT2D eigenvalue weighted by atomic mass is 19.1. The Bertz CT molecular complexity index is 619. The fourth-order valence-electron chi connectivity index (χ4n) is 2.31. The molecule has 1 aliphatic heterocycles. The molecular formula is C15H15FN2O2. The topological polar surface area (TPSA) is 56.5 Å². The van der Waals surface area contributed by atoms with Gasteiger partial charge < -0.3 is 9.47 Å². The summed E-state index contributed by atoms with van der Waals surface area (Å²) in [7, 11) is 0. The van der Waals surface area contributed by atoms with Gasteiger partial charge in [0.1, 0.15) is 19.0 Å². The van der Waals surface area contributed by atoms with Crippen LogP contribution in [0, 0.1) is 5.82 Å². The molecule has 1 aliphatic rings. The van der Waals surface area contributed by atoms with Crippen molar-refractivity contribution in [1.29, 1.82) is 0 Å². The summed E-state index contributed by atoms with van der Waals surface area (Å²) in [6.07, 6.45) is 0. The number of halogens is 1. The average Bonchev–Trinajstić information content (AvgIpc) is 2.48. The minimum Gasteiger partial charge on any atom is -0.486 e. The number of nitrogens with one attached hydrogen (secondary N) is 1. The Morgan fingerprint density at radius 1 is 1.00 bits per heavy atom. The van der Waals surface area contributed by atoms with Crippen molar-refractivity contribution in [3.63, 3.8) is 0 Å². The molecule has 0 saturated carbocycles. The van der Waals surface area contributed by atoms with Gasteiger partial charge in [-0.25, -0.2) is 9.82 Å². The van der Waals surface area contributed by atoms with E-state index >= 15 is 0 Å². The van der Waals surface area contributed by atoms with E-state index in [1.54, 1.807) is 6.07 Å². The van der Waals surface area contributed by atoms with Gasteiger partial charge in [0.05, 0.1) is 6.04 Å². The number of rotatable bonds is 3. The van der Waals surface area contributed by atoms with E-state index in [9.17, 15) is 4.39 Å². The highest BCUT2D eigenvalue weighted by Gasteiger charge is 2.17. The highest BCUT2D eigenvalue weighted by molar-refractivity contribution is 5.46. The van der Waals surface area contributed by atoms with Crippen LogP contribution in [0.5, 0.6) is 11.5 Å². The molecular weight excluding hydrogens is 259 g/mol. The fraction of sp³-hybridized carbons (Fsp3) is 0.200. The molecule has 0 bridgehead atoms. The zero-order chi connectivity index (χ0) is 13.9. The van der Waals surface area contributed by atoms with Gasteiger partial charge in [-0.05, 0) is 35.4 Å². The van der Waals surface area contributed by atoms with Crippen LogP contribution in [0.4, 0.5) is 4.39 Å². The lowest BCUT2D eigenvalue weighted by Crippen LogP contribution is -2.29. The van der Waals surface area contributed by atoms with Crippen molar-refractivity contribution < 1.29 is 13.9 Å². The van der Waals surface area contributed by atoms with E-state index in [1.807, 2.05) is 24.3 Å². The summed E-state index contributed by atoms with van der Waals surface area (Å²) < 4.78 is 24.4. The Kier molecular flexibility index (Phi) is 3.54. The smallest absolute Gasteiger partial charge is 0.161 e. The van der Waals surface area contributed by atoms with Gasteiger partial charge in [-0.3, -0.25) is 5.84 Å². The SMILES string of the molecule is NNC(c1cccc(F)c1)c1ccc2c(c1)OCCO2. The predicted molar refractivity (Wildman–Crippen MR) is 73.0 cm³/mol. The maximum absolute atomic E-state index is 13.3. The van der Waals surface area contributed by atoms with Crippen LogP contribution in [0.2, 0.25) is 0 Å². The molecule has 0 fully saturated rings. The summed E-state index contributed by atoms with van der Waals surface area (Å²) in [6.45, 7) is 1.08. The minimum atomic E-state index is -0.304. The molecule has 104 valence electrons. The Morgan fingerprint density at radius 2 is 1.75 bits per heavy atom. The second-order valence-corrected chi connectivity index (χ2v) is 4.56. The number of benzene rings is 2. The average molecular weight is 274 g/mol. The molecule has 1 atom stereocenters. The molecule has 3 N–H and O–H groups in total. The first kappa shape index (κ1) is 12.9. The van der Waals surface area contributed by atoms with Crippen molar-refractivity contribution >= 4 is 0 Å². The molecule has 0 amide bonds. The lowest BCUT2D eigenvalue weighted by Gasteiger charge is -2.22. The van der Waals surface area contributed by atoms with Crippen LogP contribution >= 0.6 is 0 Å². The van der Waals surface area contributed by atoms with Gasteiger partial charge in [0, 0.05) is 0 Å². The van der Waals surface area contributed by atoms with Crippen molar-refractivity contribution in [1.82, 2.24) is 5.43 Å². The molecule has 0 spiro atoms. The molecule has 2 aromatic carbocycles. The molecule has 3 rings (SSSR count). The van der Waals surface area contributed by atoms with Crippen LogP contribution in [0.3, 0.4) is 0 Å². The highest BCUT2D eigenvalue weighted by Crippen LogP contribution is 2.34. The third-order valence-corrected chi connectivity index (χ3v) is 3.25. The zero-order valence-corrected chi connectivity index (χ0v) is 10.8. The summed E-state index contributed by atoms with van der Waals surface area (Å²) >= 11 is 0. The third-order valence-electron chi connectivity index (χ3n) is 3.25. The molecule has 0 saturated heterocycles. The molecule has 5 heteroatoms. The van der Waals surface area contributed by atoms with Gasteiger partial charge in [-0.15, -0.1) is 0 Å². The van der Waals surface area contributed by atoms with Crippen molar-refractivity contribution in [2.24, 2.45) is 5.84 Å². The lowest BCUT2D eigenvalue weighted by atomic mass is 9.98. The Balaban J connectivity index is 1.97. The quantitative estimate of drug-likeness (QED) is 0.665. The van der Waals surface area contributed by atoms with Crippen molar-refractivity contribution in [2.75, 3.05) is 13.2 Å². The monoisotopic (exact) mass is 274 g/mol. The summed E-state index contributed by atoms with van der Waals surface area (Å²) in [5, 5.41) is 0. The minimum absolute atomic E-state index is 0.291. The predicted octanol–water partition coefficient (Wildman–Crippen LogP) is 2.15. The molecule has 0 aliphatic carbocycles. The van der Waals surface area contributed by atoms with Crippen LogP contribution in [0.1, 0.15) is 17.2 Å². The van der Waals surface area contributed by atoms with Crippen LogP contribution in [-0.4, -0.2) is 13.2 Å².